The number of hydrogen-bond acceptors (Lipinski definition) is 3. The van der Waals surface area contributed by atoms with Crippen molar-refractivity contribution in [2.45, 2.75) is 13.3 Å². The quantitative estimate of drug-likeness (QED) is 0.468. The lowest BCUT2D eigenvalue weighted by Crippen LogP contribution is -2.42. The number of hydrogen-bond donors (Lipinski definition) is 1. The van der Waals surface area contributed by atoms with Gasteiger partial charge in [-0.2, -0.15) is 17.4 Å². The Bertz CT molecular complexity index is 295. The molecule has 0 fully saturated rings. The molecule has 0 aromatic rings. The van der Waals surface area contributed by atoms with Gasteiger partial charge in [0.15, 0.2) is 0 Å². The van der Waals surface area contributed by atoms with Crippen molar-refractivity contribution >= 4 is 10.2 Å². The average Bonchev–Trinajstić information content (AvgIpc) is 2.18. The largest absolute Gasteiger partial charge is 0.383 e. The Labute approximate surface area is 92.0 Å². The average molecular weight is 234 g/mol. The molecule has 88 valence electrons. The van der Waals surface area contributed by atoms with Gasteiger partial charge in [0.2, 0.25) is 0 Å². The van der Waals surface area contributed by atoms with Crippen LogP contribution in [0.1, 0.15) is 13.3 Å². The molecule has 0 aromatic carbocycles. The van der Waals surface area contributed by atoms with Crippen LogP contribution in [0.3, 0.4) is 0 Å². The molecule has 0 saturated carbocycles. The molecule has 0 aliphatic heterocycles. The SMILES string of the molecule is C#CCN(CCC)S(=O)(=O)NCCOC. The second kappa shape index (κ2) is 7.65. The predicted molar refractivity (Wildman–Crippen MR) is 59.5 cm³/mol. The van der Waals surface area contributed by atoms with Gasteiger partial charge in [0.25, 0.3) is 10.2 Å². The zero-order valence-electron chi connectivity index (χ0n) is 9.19. The summed E-state index contributed by atoms with van der Waals surface area (Å²) in [6.45, 7) is 3.01. The molecular weight excluding hydrogens is 216 g/mol. The Morgan fingerprint density at radius 3 is 2.67 bits per heavy atom. The van der Waals surface area contributed by atoms with Gasteiger partial charge >= 0.3 is 0 Å². The summed E-state index contributed by atoms with van der Waals surface area (Å²) < 4.78 is 31.7. The van der Waals surface area contributed by atoms with Crippen molar-refractivity contribution < 1.29 is 13.2 Å². The van der Waals surface area contributed by atoms with E-state index in [4.69, 9.17) is 11.2 Å². The van der Waals surface area contributed by atoms with E-state index in [1.165, 1.54) is 11.4 Å². The summed E-state index contributed by atoms with van der Waals surface area (Å²) in [4.78, 5) is 0. The Morgan fingerprint density at radius 2 is 2.20 bits per heavy atom. The maximum Gasteiger partial charge on any atom is 0.280 e. The Kier molecular flexibility index (Phi) is 7.34. The van der Waals surface area contributed by atoms with E-state index < -0.39 is 10.2 Å². The first kappa shape index (κ1) is 14.4. The van der Waals surface area contributed by atoms with E-state index in [0.717, 1.165) is 6.42 Å². The molecule has 0 amide bonds. The molecule has 0 bridgehead atoms. The smallest absolute Gasteiger partial charge is 0.280 e. The van der Waals surface area contributed by atoms with Crippen LogP contribution < -0.4 is 4.72 Å². The minimum absolute atomic E-state index is 0.0934. The predicted octanol–water partition coefficient (Wildman–Crippen LogP) is -0.188. The maximum atomic E-state index is 11.6. The van der Waals surface area contributed by atoms with Gasteiger partial charge in [0.05, 0.1) is 13.2 Å². The molecule has 0 unspecified atom stereocenters. The molecule has 1 N–H and O–H groups in total. The number of methoxy groups -OCH3 is 1. The number of rotatable bonds is 8. The fraction of sp³-hybridized carbons (Fsp3) is 0.778. The van der Waals surface area contributed by atoms with Crippen LogP contribution in [0.25, 0.3) is 0 Å². The summed E-state index contributed by atoms with van der Waals surface area (Å²) in [6, 6.07) is 0. The monoisotopic (exact) mass is 234 g/mol. The third kappa shape index (κ3) is 5.74. The highest BCUT2D eigenvalue weighted by Gasteiger charge is 2.18. The van der Waals surface area contributed by atoms with Crippen molar-refractivity contribution in [3.8, 4) is 12.3 Å². The van der Waals surface area contributed by atoms with Crippen LogP contribution in [-0.2, 0) is 14.9 Å². The first-order valence-electron chi connectivity index (χ1n) is 4.75. The molecule has 15 heavy (non-hydrogen) atoms. The summed E-state index contributed by atoms with van der Waals surface area (Å²) in [5.41, 5.74) is 0. The topological polar surface area (TPSA) is 58.6 Å². The van der Waals surface area contributed by atoms with Gasteiger partial charge < -0.3 is 4.74 Å². The number of nitrogens with zero attached hydrogens (tertiary/aromatic N) is 1. The van der Waals surface area contributed by atoms with Gasteiger partial charge in [-0.25, -0.2) is 0 Å². The molecule has 0 rings (SSSR count). The lowest BCUT2D eigenvalue weighted by Gasteiger charge is -2.19. The Balaban J connectivity index is 4.30. The Morgan fingerprint density at radius 1 is 1.53 bits per heavy atom. The van der Waals surface area contributed by atoms with Crippen molar-refractivity contribution in [2.24, 2.45) is 0 Å². The van der Waals surface area contributed by atoms with Crippen LogP contribution in [0.15, 0.2) is 0 Å². The normalized spacial score (nSPS) is 11.6. The molecule has 5 nitrogen and oxygen atoms in total. The standard InChI is InChI=1S/C9H18N2O3S/c1-4-7-11(8-5-2)15(12,13)10-6-9-14-3/h1,10H,5-9H2,2-3H3. The molecule has 0 heterocycles. The minimum atomic E-state index is -3.46. The summed E-state index contributed by atoms with van der Waals surface area (Å²) in [6.07, 6.45) is 5.83. The highest BCUT2D eigenvalue weighted by Crippen LogP contribution is 1.98. The van der Waals surface area contributed by atoms with Crippen LogP contribution in [0.4, 0.5) is 0 Å². The van der Waals surface area contributed by atoms with Crippen LogP contribution >= 0.6 is 0 Å². The second-order valence-electron chi connectivity index (χ2n) is 2.93. The van der Waals surface area contributed by atoms with Gasteiger partial charge in [0.1, 0.15) is 0 Å². The molecular formula is C9H18N2O3S. The molecule has 0 radical (unpaired) electrons. The minimum Gasteiger partial charge on any atom is -0.383 e. The number of ether oxygens (including phenoxy) is 1. The highest BCUT2D eigenvalue weighted by atomic mass is 32.2. The van der Waals surface area contributed by atoms with Crippen LogP contribution in [0, 0.1) is 12.3 Å². The molecule has 0 saturated heterocycles. The van der Waals surface area contributed by atoms with Gasteiger partial charge in [-0.1, -0.05) is 12.8 Å². The van der Waals surface area contributed by atoms with Crippen molar-refractivity contribution in [1.29, 1.82) is 0 Å². The fourth-order valence-electron chi connectivity index (χ4n) is 0.999. The zero-order chi connectivity index (χ0) is 11.7. The van der Waals surface area contributed by atoms with E-state index >= 15 is 0 Å². The van der Waals surface area contributed by atoms with Crippen molar-refractivity contribution in [1.82, 2.24) is 9.03 Å². The first-order chi connectivity index (χ1) is 7.08. The summed E-state index contributed by atoms with van der Waals surface area (Å²) in [5.74, 6) is 2.32. The van der Waals surface area contributed by atoms with Gasteiger partial charge in [-0.3, -0.25) is 0 Å². The number of nitrogens with one attached hydrogen (secondary N) is 1. The molecule has 0 atom stereocenters. The zero-order valence-corrected chi connectivity index (χ0v) is 10.0. The molecule has 0 aromatic heterocycles. The summed E-state index contributed by atoms with van der Waals surface area (Å²) in [5, 5.41) is 0. The van der Waals surface area contributed by atoms with E-state index in [2.05, 4.69) is 10.6 Å². The molecule has 0 aliphatic rings. The molecule has 6 heteroatoms. The molecule has 0 spiro atoms. The summed E-state index contributed by atoms with van der Waals surface area (Å²) >= 11 is 0. The van der Waals surface area contributed by atoms with Crippen LogP contribution in [0.5, 0.6) is 0 Å². The Hall–Kier alpha value is -0.610. The van der Waals surface area contributed by atoms with Crippen molar-refractivity contribution in [3.05, 3.63) is 0 Å². The first-order valence-corrected chi connectivity index (χ1v) is 6.19. The van der Waals surface area contributed by atoms with E-state index in [0.29, 0.717) is 13.2 Å². The van der Waals surface area contributed by atoms with Crippen LogP contribution in [0.2, 0.25) is 0 Å². The van der Waals surface area contributed by atoms with E-state index in [9.17, 15) is 8.42 Å². The third-order valence-electron chi connectivity index (χ3n) is 1.67. The van der Waals surface area contributed by atoms with E-state index in [1.807, 2.05) is 6.92 Å². The lowest BCUT2D eigenvalue weighted by molar-refractivity contribution is 0.204. The maximum absolute atomic E-state index is 11.6. The molecule has 0 aliphatic carbocycles. The van der Waals surface area contributed by atoms with E-state index in [1.54, 1.807) is 0 Å². The second-order valence-corrected chi connectivity index (χ2v) is 4.69. The van der Waals surface area contributed by atoms with Gasteiger partial charge in [0, 0.05) is 20.2 Å². The van der Waals surface area contributed by atoms with Gasteiger partial charge in [-0.05, 0) is 6.42 Å². The van der Waals surface area contributed by atoms with E-state index in [-0.39, 0.29) is 13.1 Å². The number of terminal acetylenes is 1. The fourth-order valence-corrected chi connectivity index (χ4v) is 2.19. The van der Waals surface area contributed by atoms with Crippen LogP contribution in [-0.4, -0.2) is 46.1 Å². The highest BCUT2D eigenvalue weighted by molar-refractivity contribution is 7.87. The lowest BCUT2D eigenvalue weighted by atomic mass is 10.5. The third-order valence-corrected chi connectivity index (χ3v) is 3.23. The van der Waals surface area contributed by atoms with Crippen molar-refractivity contribution in [2.75, 3.05) is 33.4 Å². The van der Waals surface area contributed by atoms with Crippen molar-refractivity contribution in [3.63, 3.8) is 0 Å². The van der Waals surface area contributed by atoms with Gasteiger partial charge in [-0.15, -0.1) is 6.42 Å². The summed E-state index contributed by atoms with van der Waals surface area (Å²) in [7, 11) is -1.94.